The van der Waals surface area contributed by atoms with Crippen molar-refractivity contribution in [1.82, 2.24) is 10.2 Å². The van der Waals surface area contributed by atoms with Crippen LogP contribution in [0, 0.1) is 6.92 Å². The van der Waals surface area contributed by atoms with Crippen molar-refractivity contribution in [3.63, 3.8) is 0 Å². The maximum absolute atomic E-state index is 14.1. The number of hydrogen-bond acceptors (Lipinski definition) is 6. The molecule has 0 heterocycles. The lowest BCUT2D eigenvalue weighted by atomic mass is 10.1. The van der Waals surface area contributed by atoms with Crippen LogP contribution in [0.2, 0.25) is 5.02 Å². The zero-order valence-corrected chi connectivity index (χ0v) is 25.5. The van der Waals surface area contributed by atoms with Crippen LogP contribution in [0.4, 0.5) is 5.69 Å². The maximum Gasteiger partial charge on any atom is 0.264 e. The Kier molecular flexibility index (Phi) is 11.0. The molecule has 220 valence electrons. The predicted molar refractivity (Wildman–Crippen MR) is 160 cm³/mol. The second kappa shape index (κ2) is 14.2. The first-order chi connectivity index (χ1) is 19.6. The number of halogens is 1. The van der Waals surface area contributed by atoms with Gasteiger partial charge in [-0.2, -0.15) is 0 Å². The number of carbonyl (C=O) groups is 2. The zero-order chi connectivity index (χ0) is 30.2. The molecule has 0 aliphatic heterocycles. The van der Waals surface area contributed by atoms with Crippen LogP contribution in [-0.2, 0) is 26.2 Å². The number of anilines is 1. The third kappa shape index (κ3) is 7.51. The van der Waals surface area contributed by atoms with Crippen LogP contribution in [0.3, 0.4) is 0 Å². The van der Waals surface area contributed by atoms with Gasteiger partial charge >= 0.3 is 0 Å². The number of rotatable bonds is 13. The van der Waals surface area contributed by atoms with Crippen molar-refractivity contribution in [2.24, 2.45) is 0 Å². The van der Waals surface area contributed by atoms with Gasteiger partial charge in [0, 0.05) is 24.2 Å². The van der Waals surface area contributed by atoms with Gasteiger partial charge in [-0.1, -0.05) is 42.8 Å². The van der Waals surface area contributed by atoms with Crippen molar-refractivity contribution in [2.45, 2.75) is 44.7 Å². The number of ether oxygens (including phenoxy) is 2. The van der Waals surface area contributed by atoms with Crippen LogP contribution in [0.15, 0.2) is 71.6 Å². The normalized spacial score (nSPS) is 11.9. The Morgan fingerprint density at radius 3 is 2.20 bits per heavy atom. The first-order valence-corrected chi connectivity index (χ1v) is 15.0. The van der Waals surface area contributed by atoms with Crippen LogP contribution in [0.25, 0.3) is 0 Å². The molecule has 3 aromatic rings. The minimum atomic E-state index is -4.29. The summed E-state index contributed by atoms with van der Waals surface area (Å²) in [6.07, 6.45) is 0.340. The van der Waals surface area contributed by atoms with Gasteiger partial charge in [-0.15, -0.1) is 0 Å². The van der Waals surface area contributed by atoms with Gasteiger partial charge in [-0.25, -0.2) is 8.42 Å². The molecule has 0 bridgehead atoms. The Hall–Kier alpha value is -3.76. The van der Waals surface area contributed by atoms with E-state index in [1.54, 1.807) is 19.1 Å². The average molecular weight is 602 g/mol. The number of aryl methyl sites for hydroxylation is 1. The molecule has 1 atom stereocenters. The van der Waals surface area contributed by atoms with Crippen LogP contribution < -0.4 is 19.1 Å². The minimum absolute atomic E-state index is 0.0980. The minimum Gasteiger partial charge on any atom is -0.493 e. The molecule has 1 N–H and O–H groups in total. The quantitative estimate of drug-likeness (QED) is 0.302. The Balaban J connectivity index is 2.10. The van der Waals surface area contributed by atoms with Crippen molar-refractivity contribution in [1.29, 1.82) is 0 Å². The predicted octanol–water partition coefficient (Wildman–Crippen LogP) is 4.80. The smallest absolute Gasteiger partial charge is 0.264 e. The summed E-state index contributed by atoms with van der Waals surface area (Å²) in [7, 11) is -1.43. The van der Waals surface area contributed by atoms with E-state index in [9.17, 15) is 18.0 Å². The van der Waals surface area contributed by atoms with Crippen LogP contribution in [0.5, 0.6) is 11.5 Å². The number of hydrogen-bond donors (Lipinski definition) is 1. The van der Waals surface area contributed by atoms with E-state index in [2.05, 4.69) is 5.32 Å². The largest absolute Gasteiger partial charge is 0.493 e. The summed E-state index contributed by atoms with van der Waals surface area (Å²) in [6.45, 7) is 5.51. The summed E-state index contributed by atoms with van der Waals surface area (Å²) in [5.74, 6) is -0.264. The molecule has 2 amide bonds. The third-order valence-corrected chi connectivity index (χ3v) is 8.70. The van der Waals surface area contributed by atoms with E-state index in [4.69, 9.17) is 21.1 Å². The highest BCUT2D eigenvalue weighted by Gasteiger charge is 2.34. The molecular formula is C30H36ClN3O6S. The standard InChI is InChI=1S/C30H36ClN3O6S/c1-6-26(30(36)32-7-2)33(19-22-11-9-8-10-21(22)3)29(35)20-34(24-14-12-23(31)13-15-24)41(37,38)25-16-17-27(39-4)28(18-25)40-5/h8-18,26H,6-7,19-20H2,1-5H3,(H,32,36)/t26-/m0/s1. The molecule has 0 radical (unpaired) electrons. The van der Waals surface area contributed by atoms with Crippen molar-refractivity contribution < 1.29 is 27.5 Å². The van der Waals surface area contributed by atoms with Gasteiger partial charge in [0.15, 0.2) is 11.5 Å². The monoisotopic (exact) mass is 601 g/mol. The van der Waals surface area contributed by atoms with Gasteiger partial charge < -0.3 is 19.7 Å². The number of methoxy groups -OCH3 is 2. The summed E-state index contributed by atoms with van der Waals surface area (Å²) in [4.78, 5) is 28.5. The van der Waals surface area contributed by atoms with E-state index >= 15 is 0 Å². The van der Waals surface area contributed by atoms with Crippen LogP contribution in [0.1, 0.15) is 31.4 Å². The van der Waals surface area contributed by atoms with Crippen molar-refractivity contribution >= 4 is 39.1 Å². The van der Waals surface area contributed by atoms with Gasteiger partial charge in [-0.05, 0) is 67.8 Å². The molecule has 9 nitrogen and oxygen atoms in total. The lowest BCUT2D eigenvalue weighted by Gasteiger charge is -2.33. The number of nitrogens with one attached hydrogen (secondary N) is 1. The summed E-state index contributed by atoms with van der Waals surface area (Å²) in [5, 5.41) is 3.21. The molecule has 0 saturated carbocycles. The topological polar surface area (TPSA) is 105 Å². The molecule has 0 aromatic heterocycles. The number of likely N-dealkylation sites (N-methyl/N-ethyl adjacent to an activating group) is 1. The fourth-order valence-corrected chi connectivity index (χ4v) is 5.98. The molecular weight excluding hydrogens is 566 g/mol. The van der Waals surface area contributed by atoms with E-state index in [0.717, 1.165) is 15.4 Å². The Labute approximate surface area is 247 Å². The fraction of sp³-hybridized carbons (Fsp3) is 0.333. The molecule has 0 spiro atoms. The summed E-state index contributed by atoms with van der Waals surface area (Å²) >= 11 is 6.09. The van der Waals surface area contributed by atoms with Gasteiger partial charge in [0.05, 0.1) is 24.8 Å². The highest BCUT2D eigenvalue weighted by atomic mass is 35.5. The number of benzene rings is 3. The van der Waals surface area contributed by atoms with Crippen molar-refractivity contribution in [2.75, 3.05) is 31.6 Å². The molecule has 0 fully saturated rings. The third-order valence-electron chi connectivity index (χ3n) is 6.68. The number of nitrogens with zero attached hydrogens (tertiary/aromatic N) is 2. The van der Waals surface area contributed by atoms with Gasteiger partial charge in [-0.3, -0.25) is 13.9 Å². The highest BCUT2D eigenvalue weighted by Crippen LogP contribution is 2.33. The van der Waals surface area contributed by atoms with Crippen molar-refractivity contribution in [3.8, 4) is 11.5 Å². The fourth-order valence-electron chi connectivity index (χ4n) is 4.42. The second-order valence-electron chi connectivity index (χ2n) is 9.27. The van der Waals surface area contributed by atoms with E-state index in [-0.39, 0.29) is 28.8 Å². The van der Waals surface area contributed by atoms with Crippen LogP contribution in [-0.4, -0.2) is 58.5 Å². The molecule has 0 aliphatic carbocycles. The Morgan fingerprint density at radius 2 is 1.61 bits per heavy atom. The average Bonchev–Trinajstić information content (AvgIpc) is 2.96. The van der Waals surface area contributed by atoms with E-state index in [1.165, 1.54) is 49.5 Å². The van der Waals surface area contributed by atoms with Crippen LogP contribution >= 0.6 is 11.6 Å². The Morgan fingerprint density at radius 1 is 0.951 bits per heavy atom. The molecule has 0 aliphatic rings. The first kappa shape index (κ1) is 31.8. The molecule has 3 aromatic carbocycles. The van der Waals surface area contributed by atoms with E-state index in [0.29, 0.717) is 23.7 Å². The maximum atomic E-state index is 14.1. The summed E-state index contributed by atoms with van der Waals surface area (Å²) in [6, 6.07) is 17.1. The lowest BCUT2D eigenvalue weighted by molar-refractivity contribution is -0.140. The van der Waals surface area contributed by atoms with Crippen molar-refractivity contribution in [3.05, 3.63) is 82.9 Å². The number of sulfonamides is 1. The lowest BCUT2D eigenvalue weighted by Crippen LogP contribution is -2.52. The molecule has 0 unspecified atom stereocenters. The second-order valence-corrected chi connectivity index (χ2v) is 11.6. The molecule has 41 heavy (non-hydrogen) atoms. The summed E-state index contributed by atoms with van der Waals surface area (Å²) < 4.78 is 39.8. The molecule has 3 rings (SSSR count). The summed E-state index contributed by atoms with van der Waals surface area (Å²) in [5.41, 5.74) is 2.03. The highest BCUT2D eigenvalue weighted by molar-refractivity contribution is 7.92. The molecule has 0 saturated heterocycles. The van der Waals surface area contributed by atoms with E-state index in [1.807, 2.05) is 38.1 Å². The Bertz CT molecular complexity index is 1460. The molecule has 11 heteroatoms. The van der Waals surface area contributed by atoms with Gasteiger partial charge in [0.25, 0.3) is 10.0 Å². The van der Waals surface area contributed by atoms with Gasteiger partial charge in [0.1, 0.15) is 12.6 Å². The van der Waals surface area contributed by atoms with E-state index < -0.39 is 28.5 Å². The SMILES string of the molecule is CCNC(=O)[C@H](CC)N(Cc1ccccc1C)C(=O)CN(c1ccc(Cl)cc1)S(=O)(=O)c1ccc(OC)c(OC)c1. The number of carbonyl (C=O) groups excluding carboxylic acids is 2. The van der Waals surface area contributed by atoms with Gasteiger partial charge in [0.2, 0.25) is 11.8 Å². The first-order valence-electron chi connectivity index (χ1n) is 13.2. The zero-order valence-electron chi connectivity index (χ0n) is 23.9. The number of amides is 2.